The Morgan fingerprint density at radius 1 is 0.692 bits per heavy atom. The minimum absolute atomic E-state index is 0.00746. The molecule has 4 nitrogen and oxygen atoms in total. The molecule has 0 radical (unpaired) electrons. The third-order valence-corrected chi connectivity index (χ3v) is 18.8. The predicted molar refractivity (Wildman–Crippen MR) is 174 cm³/mol. The van der Waals surface area contributed by atoms with Crippen molar-refractivity contribution in [1.82, 2.24) is 0 Å². The summed E-state index contributed by atoms with van der Waals surface area (Å²) in [6, 6.07) is 0. The van der Waals surface area contributed by atoms with Crippen LogP contribution in [-0.2, 0) is 18.4 Å². The lowest BCUT2D eigenvalue weighted by molar-refractivity contribution is -0.109. The van der Waals surface area contributed by atoms with Crippen molar-refractivity contribution in [3.63, 3.8) is 0 Å². The van der Waals surface area contributed by atoms with Crippen LogP contribution >= 0.6 is 0 Å². The highest BCUT2D eigenvalue weighted by Gasteiger charge is 2.45. The molecule has 1 aliphatic rings. The van der Waals surface area contributed by atoms with E-state index in [4.69, 9.17) is 13.6 Å². The smallest absolute Gasteiger partial charge is 0.192 e. The van der Waals surface area contributed by atoms with Gasteiger partial charge in [0.1, 0.15) is 6.29 Å². The van der Waals surface area contributed by atoms with Gasteiger partial charge in [0.05, 0.1) is 24.4 Å². The van der Waals surface area contributed by atoms with Gasteiger partial charge in [-0.1, -0.05) is 113 Å². The third kappa shape index (κ3) is 13.2. The first-order valence-corrected chi connectivity index (χ1v) is 22.3. The van der Waals surface area contributed by atoms with Gasteiger partial charge in [0.15, 0.2) is 16.6 Å². The summed E-state index contributed by atoms with van der Waals surface area (Å²) in [5.41, 5.74) is 0. The Balaban J connectivity index is 2.80. The molecule has 0 aromatic carbocycles. The first-order valence-electron chi connectivity index (χ1n) is 16.5. The maximum atomic E-state index is 11.3. The molecule has 0 spiro atoms. The van der Waals surface area contributed by atoms with E-state index >= 15 is 0 Å². The molecule has 0 bridgehead atoms. The van der Waals surface area contributed by atoms with E-state index in [0.717, 1.165) is 32.0 Å². The lowest BCUT2D eigenvalue weighted by Gasteiger charge is -2.42. The summed E-state index contributed by atoms with van der Waals surface area (Å²) in [4.78, 5) is 11.3. The SMILES string of the molecule is CCCCCCCCCCCC[C@H](O[Si](C)(C)C(C)(C)C)[C@@H]1CC[C@@H]([C@H](CCC=O)O[Si](C)(C)C(C)(C)C)O1. The Morgan fingerprint density at radius 3 is 1.46 bits per heavy atom. The molecule has 0 aromatic heterocycles. The molecular formula is C33H68O4Si2. The van der Waals surface area contributed by atoms with Gasteiger partial charge in [-0.25, -0.2) is 0 Å². The molecule has 1 heterocycles. The van der Waals surface area contributed by atoms with Gasteiger partial charge in [0, 0.05) is 6.42 Å². The van der Waals surface area contributed by atoms with Crippen LogP contribution in [0.5, 0.6) is 0 Å². The number of aldehydes is 1. The van der Waals surface area contributed by atoms with Crippen LogP contribution in [0.1, 0.15) is 145 Å². The summed E-state index contributed by atoms with van der Waals surface area (Å²) in [6.07, 6.45) is 19.3. The van der Waals surface area contributed by atoms with Crippen molar-refractivity contribution < 1.29 is 18.4 Å². The van der Waals surface area contributed by atoms with Crippen molar-refractivity contribution in [2.75, 3.05) is 0 Å². The van der Waals surface area contributed by atoms with Crippen LogP contribution in [-0.4, -0.2) is 47.3 Å². The van der Waals surface area contributed by atoms with Crippen molar-refractivity contribution in [1.29, 1.82) is 0 Å². The molecular weight excluding hydrogens is 517 g/mol. The van der Waals surface area contributed by atoms with Crippen molar-refractivity contribution >= 4 is 22.9 Å². The van der Waals surface area contributed by atoms with E-state index < -0.39 is 16.6 Å². The van der Waals surface area contributed by atoms with Crippen molar-refractivity contribution in [3.8, 4) is 0 Å². The molecule has 0 aromatic rings. The van der Waals surface area contributed by atoms with E-state index in [-0.39, 0.29) is 34.5 Å². The second kappa shape index (κ2) is 17.2. The molecule has 4 atom stereocenters. The maximum absolute atomic E-state index is 11.3. The summed E-state index contributed by atoms with van der Waals surface area (Å²) < 4.78 is 20.7. The molecule has 232 valence electrons. The van der Waals surface area contributed by atoms with Gasteiger partial charge in [0.25, 0.3) is 0 Å². The van der Waals surface area contributed by atoms with Gasteiger partial charge in [-0.15, -0.1) is 0 Å². The van der Waals surface area contributed by atoms with E-state index in [0.29, 0.717) is 6.42 Å². The zero-order valence-electron chi connectivity index (χ0n) is 28.1. The zero-order chi connectivity index (χ0) is 29.7. The van der Waals surface area contributed by atoms with Crippen LogP contribution in [0, 0.1) is 0 Å². The maximum Gasteiger partial charge on any atom is 0.192 e. The van der Waals surface area contributed by atoms with Crippen LogP contribution in [0.25, 0.3) is 0 Å². The highest BCUT2D eigenvalue weighted by molar-refractivity contribution is 6.74. The number of ether oxygens (including phenoxy) is 1. The molecule has 1 aliphatic heterocycles. The fraction of sp³-hybridized carbons (Fsp3) is 0.970. The van der Waals surface area contributed by atoms with E-state index in [1.165, 1.54) is 64.2 Å². The molecule has 39 heavy (non-hydrogen) atoms. The molecule has 1 fully saturated rings. The van der Waals surface area contributed by atoms with Crippen LogP contribution in [0.15, 0.2) is 0 Å². The number of carbonyl (C=O) groups is 1. The lowest BCUT2D eigenvalue weighted by Crippen LogP contribution is -2.48. The van der Waals surface area contributed by atoms with Crippen LogP contribution in [0.4, 0.5) is 0 Å². The molecule has 0 amide bonds. The molecule has 0 aliphatic carbocycles. The molecule has 0 unspecified atom stereocenters. The number of carbonyl (C=O) groups excluding carboxylic acids is 1. The second-order valence-electron chi connectivity index (χ2n) is 15.3. The van der Waals surface area contributed by atoms with E-state index in [9.17, 15) is 4.79 Å². The Labute approximate surface area is 246 Å². The summed E-state index contributed by atoms with van der Waals surface area (Å²) in [5.74, 6) is 0. The Morgan fingerprint density at radius 2 is 1.08 bits per heavy atom. The average Bonchev–Trinajstić information content (AvgIpc) is 3.31. The van der Waals surface area contributed by atoms with Crippen LogP contribution in [0.2, 0.25) is 36.3 Å². The van der Waals surface area contributed by atoms with Crippen LogP contribution < -0.4 is 0 Å². The predicted octanol–water partition coefficient (Wildman–Crippen LogP) is 10.6. The molecule has 1 rings (SSSR count). The van der Waals surface area contributed by atoms with Crippen molar-refractivity contribution in [2.24, 2.45) is 0 Å². The Hall–Kier alpha value is -0.0162. The van der Waals surface area contributed by atoms with Crippen LogP contribution in [0.3, 0.4) is 0 Å². The molecule has 6 heteroatoms. The first-order chi connectivity index (χ1) is 18.1. The molecule has 0 saturated carbocycles. The molecule has 1 saturated heterocycles. The quantitative estimate of drug-likeness (QED) is 0.0811. The zero-order valence-corrected chi connectivity index (χ0v) is 30.1. The highest BCUT2D eigenvalue weighted by Crippen LogP contribution is 2.42. The fourth-order valence-electron chi connectivity index (χ4n) is 5.05. The average molecular weight is 585 g/mol. The second-order valence-corrected chi connectivity index (χ2v) is 24.9. The van der Waals surface area contributed by atoms with E-state index in [1.807, 2.05) is 0 Å². The largest absolute Gasteiger partial charge is 0.411 e. The summed E-state index contributed by atoms with van der Waals surface area (Å²) >= 11 is 0. The van der Waals surface area contributed by atoms with Crippen molar-refractivity contribution in [3.05, 3.63) is 0 Å². The highest BCUT2D eigenvalue weighted by atomic mass is 28.4. The first kappa shape index (κ1) is 37.0. The number of hydrogen-bond donors (Lipinski definition) is 0. The van der Waals surface area contributed by atoms with Gasteiger partial charge < -0.3 is 18.4 Å². The summed E-state index contributed by atoms with van der Waals surface area (Å²) in [6.45, 7) is 25.5. The Bertz CT molecular complexity index is 666. The third-order valence-electron chi connectivity index (χ3n) is 9.83. The normalized spacial score (nSPS) is 20.8. The Kier molecular flexibility index (Phi) is 16.3. The van der Waals surface area contributed by atoms with Gasteiger partial charge in [-0.3, -0.25) is 0 Å². The number of unbranched alkanes of at least 4 members (excludes halogenated alkanes) is 9. The van der Waals surface area contributed by atoms with E-state index in [1.54, 1.807) is 0 Å². The van der Waals surface area contributed by atoms with E-state index in [2.05, 4.69) is 74.7 Å². The monoisotopic (exact) mass is 584 g/mol. The fourth-order valence-corrected chi connectivity index (χ4v) is 7.81. The topological polar surface area (TPSA) is 44.8 Å². The van der Waals surface area contributed by atoms with Gasteiger partial charge >= 0.3 is 0 Å². The van der Waals surface area contributed by atoms with Gasteiger partial charge in [0.2, 0.25) is 0 Å². The number of hydrogen-bond acceptors (Lipinski definition) is 4. The minimum Gasteiger partial charge on any atom is -0.411 e. The summed E-state index contributed by atoms with van der Waals surface area (Å²) in [7, 11) is -3.88. The minimum atomic E-state index is -1.97. The van der Waals surface area contributed by atoms with Gasteiger partial charge in [-0.2, -0.15) is 0 Å². The van der Waals surface area contributed by atoms with Crippen molar-refractivity contribution in [2.45, 2.75) is 205 Å². The summed E-state index contributed by atoms with van der Waals surface area (Å²) in [5, 5.41) is 0.312. The lowest BCUT2D eigenvalue weighted by atomic mass is 10.0. The standard InChI is InChI=1S/C33H68O4Si2/c1-12-13-14-15-16-17-18-19-20-21-23-30(36-38(8,9)32(2,3)4)28-25-26-29(35-28)31(24-22-27-34)37-39(10,11)33(5,6)7/h27-31H,12-26H2,1-11H3/t28-,29-,30-,31-/m0/s1. The molecule has 0 N–H and O–H groups in total. The number of rotatable bonds is 20. The van der Waals surface area contributed by atoms with Gasteiger partial charge in [-0.05, 0) is 61.9 Å².